The minimum absolute atomic E-state index is 0.589. The molecule has 0 amide bonds. The van der Waals surface area contributed by atoms with E-state index in [1.54, 1.807) is 0 Å². The molecule has 0 saturated carbocycles. The average molecular weight is 175 g/mol. The van der Waals surface area contributed by atoms with Crippen LogP contribution in [-0.4, -0.2) is 6.21 Å². The SMILES string of the molecule is C1=NOOc2c1oc1ccccc21. The number of benzene rings is 1. The zero-order valence-electron chi connectivity index (χ0n) is 6.56. The summed E-state index contributed by atoms with van der Waals surface area (Å²) >= 11 is 0. The van der Waals surface area contributed by atoms with Crippen LogP contribution in [0.25, 0.3) is 11.0 Å². The van der Waals surface area contributed by atoms with Gasteiger partial charge >= 0.3 is 0 Å². The first-order chi connectivity index (χ1) is 6.45. The van der Waals surface area contributed by atoms with E-state index in [4.69, 9.17) is 9.30 Å². The lowest BCUT2D eigenvalue weighted by Gasteiger charge is -2.01. The summed E-state index contributed by atoms with van der Waals surface area (Å²) in [4.78, 5) is 9.36. The zero-order chi connectivity index (χ0) is 8.67. The fourth-order valence-electron chi connectivity index (χ4n) is 1.34. The molecule has 0 saturated heterocycles. The molecule has 0 unspecified atom stereocenters. The Morgan fingerprint density at radius 3 is 3.08 bits per heavy atom. The van der Waals surface area contributed by atoms with E-state index < -0.39 is 0 Å². The van der Waals surface area contributed by atoms with Gasteiger partial charge in [0.15, 0.2) is 5.76 Å². The fourth-order valence-corrected chi connectivity index (χ4v) is 1.34. The Hall–Kier alpha value is -1.97. The van der Waals surface area contributed by atoms with Crippen molar-refractivity contribution >= 4 is 17.2 Å². The lowest BCUT2D eigenvalue weighted by molar-refractivity contribution is -0.209. The molecule has 4 heteroatoms. The number of nitrogens with zero attached hydrogens (tertiary/aromatic N) is 1. The van der Waals surface area contributed by atoms with Crippen molar-refractivity contribution in [1.29, 1.82) is 0 Å². The Kier molecular flexibility index (Phi) is 1.14. The lowest BCUT2D eigenvalue weighted by atomic mass is 10.2. The highest BCUT2D eigenvalue weighted by atomic mass is 17.3. The second-order valence-corrected chi connectivity index (χ2v) is 2.68. The van der Waals surface area contributed by atoms with Crippen LogP contribution in [0.5, 0.6) is 5.75 Å². The van der Waals surface area contributed by atoms with Gasteiger partial charge in [0, 0.05) is 0 Å². The predicted molar refractivity (Wildman–Crippen MR) is 45.5 cm³/mol. The van der Waals surface area contributed by atoms with Crippen LogP contribution in [0.15, 0.2) is 33.8 Å². The third-order valence-electron chi connectivity index (χ3n) is 1.91. The Morgan fingerprint density at radius 1 is 1.15 bits per heavy atom. The smallest absolute Gasteiger partial charge is 0.236 e. The van der Waals surface area contributed by atoms with E-state index >= 15 is 0 Å². The summed E-state index contributed by atoms with van der Waals surface area (Å²) in [7, 11) is 0. The first kappa shape index (κ1) is 6.54. The normalized spacial score (nSPS) is 13.5. The highest BCUT2D eigenvalue weighted by Crippen LogP contribution is 2.33. The summed E-state index contributed by atoms with van der Waals surface area (Å²) in [5.74, 6) is 1.18. The summed E-state index contributed by atoms with van der Waals surface area (Å²) in [5.41, 5.74) is 0.768. The van der Waals surface area contributed by atoms with Crippen LogP contribution in [0, 0.1) is 0 Å². The maximum absolute atomic E-state index is 5.44. The molecule has 1 aromatic heterocycles. The molecule has 1 aromatic carbocycles. The van der Waals surface area contributed by atoms with E-state index in [0.29, 0.717) is 11.5 Å². The summed E-state index contributed by atoms with van der Waals surface area (Å²) in [6.45, 7) is 0. The molecule has 3 rings (SSSR count). The van der Waals surface area contributed by atoms with Gasteiger partial charge in [-0.25, -0.2) is 0 Å². The van der Waals surface area contributed by atoms with Crippen LogP contribution in [0.2, 0.25) is 0 Å². The zero-order valence-corrected chi connectivity index (χ0v) is 6.56. The monoisotopic (exact) mass is 175 g/mol. The number of fused-ring (bicyclic) bond motifs is 3. The molecule has 0 bridgehead atoms. The minimum Gasteiger partial charge on any atom is -0.451 e. The van der Waals surface area contributed by atoms with Crippen LogP contribution in [0.4, 0.5) is 0 Å². The first-order valence-corrected chi connectivity index (χ1v) is 3.84. The second kappa shape index (κ2) is 2.26. The van der Waals surface area contributed by atoms with Gasteiger partial charge < -0.3 is 4.42 Å². The van der Waals surface area contributed by atoms with Gasteiger partial charge in [-0.1, -0.05) is 12.1 Å². The maximum Gasteiger partial charge on any atom is 0.236 e. The van der Waals surface area contributed by atoms with E-state index in [2.05, 4.69) is 10.1 Å². The molecule has 0 spiro atoms. The number of oxime groups is 1. The van der Waals surface area contributed by atoms with E-state index in [1.807, 2.05) is 24.3 Å². The Labute approximate surface area is 73.3 Å². The first-order valence-electron chi connectivity index (χ1n) is 3.84. The van der Waals surface area contributed by atoms with Crippen LogP contribution in [0.3, 0.4) is 0 Å². The molecule has 1 aliphatic heterocycles. The van der Waals surface area contributed by atoms with Gasteiger partial charge in [-0.3, -0.25) is 4.89 Å². The number of hydrogen-bond donors (Lipinski definition) is 0. The molecular weight excluding hydrogens is 170 g/mol. The minimum atomic E-state index is 0.589. The van der Waals surface area contributed by atoms with Crippen molar-refractivity contribution in [2.45, 2.75) is 0 Å². The van der Waals surface area contributed by atoms with Crippen molar-refractivity contribution in [1.82, 2.24) is 0 Å². The van der Waals surface area contributed by atoms with Crippen LogP contribution in [-0.2, 0) is 4.99 Å². The average Bonchev–Trinajstić information content (AvgIpc) is 2.56. The number of furan rings is 1. The number of rotatable bonds is 0. The number of para-hydroxylation sites is 1. The molecule has 13 heavy (non-hydrogen) atoms. The highest BCUT2D eigenvalue weighted by Gasteiger charge is 2.18. The van der Waals surface area contributed by atoms with Crippen molar-refractivity contribution in [3.63, 3.8) is 0 Å². The standard InChI is InChI=1S/C9H5NO3/c1-2-4-7-6(3-1)9-8(11-7)5-10-13-12-9/h1-5H. The van der Waals surface area contributed by atoms with E-state index in [9.17, 15) is 0 Å². The summed E-state index contributed by atoms with van der Waals surface area (Å²) in [6.07, 6.45) is 1.48. The highest BCUT2D eigenvalue weighted by molar-refractivity contribution is 5.94. The molecule has 64 valence electrons. The Bertz CT molecular complexity index is 487. The predicted octanol–water partition coefficient (Wildman–Crippen LogP) is 2.09. The van der Waals surface area contributed by atoms with Crippen molar-refractivity contribution in [3.05, 3.63) is 30.0 Å². The molecule has 0 aliphatic carbocycles. The molecule has 4 nitrogen and oxygen atoms in total. The van der Waals surface area contributed by atoms with Gasteiger partial charge in [0.2, 0.25) is 5.75 Å². The fraction of sp³-hybridized carbons (Fsp3) is 0. The molecule has 2 heterocycles. The van der Waals surface area contributed by atoms with Gasteiger partial charge in [0.05, 0.1) is 5.39 Å². The Morgan fingerprint density at radius 2 is 2.08 bits per heavy atom. The van der Waals surface area contributed by atoms with Crippen molar-refractivity contribution in [2.24, 2.45) is 5.16 Å². The maximum atomic E-state index is 5.44. The van der Waals surface area contributed by atoms with Crippen LogP contribution < -0.4 is 4.89 Å². The molecule has 2 aromatic rings. The quantitative estimate of drug-likeness (QED) is 0.576. The van der Waals surface area contributed by atoms with Crippen molar-refractivity contribution in [3.8, 4) is 5.75 Å². The third kappa shape index (κ3) is 0.823. The van der Waals surface area contributed by atoms with Gasteiger partial charge in [0.1, 0.15) is 11.8 Å². The van der Waals surface area contributed by atoms with Gasteiger partial charge in [0.25, 0.3) is 0 Å². The van der Waals surface area contributed by atoms with Gasteiger partial charge in [-0.2, -0.15) is 4.99 Å². The topological polar surface area (TPSA) is 44.0 Å². The third-order valence-corrected chi connectivity index (χ3v) is 1.91. The molecule has 1 aliphatic rings. The molecular formula is C9H5NO3. The van der Waals surface area contributed by atoms with Crippen molar-refractivity contribution in [2.75, 3.05) is 0 Å². The van der Waals surface area contributed by atoms with Gasteiger partial charge in [-0.15, -0.1) is 0 Å². The van der Waals surface area contributed by atoms with Crippen molar-refractivity contribution < 1.29 is 14.3 Å². The summed E-state index contributed by atoms with van der Waals surface area (Å²) in [6, 6.07) is 7.58. The van der Waals surface area contributed by atoms with Crippen LogP contribution in [0.1, 0.15) is 5.76 Å². The molecule has 0 radical (unpaired) electrons. The molecule has 0 fully saturated rings. The summed E-state index contributed by atoms with van der Waals surface area (Å²) in [5, 5.41) is 4.36. The summed E-state index contributed by atoms with van der Waals surface area (Å²) < 4.78 is 5.44. The van der Waals surface area contributed by atoms with E-state index in [-0.39, 0.29) is 0 Å². The molecule has 0 atom stereocenters. The Balaban J connectivity index is 2.41. The second-order valence-electron chi connectivity index (χ2n) is 2.68. The van der Waals surface area contributed by atoms with Crippen LogP contribution >= 0.6 is 0 Å². The number of hydrogen-bond acceptors (Lipinski definition) is 4. The lowest BCUT2D eigenvalue weighted by Crippen LogP contribution is -1.98. The van der Waals surface area contributed by atoms with E-state index in [1.165, 1.54) is 6.21 Å². The largest absolute Gasteiger partial charge is 0.451 e. The molecule has 0 N–H and O–H groups in total. The van der Waals surface area contributed by atoms with Gasteiger partial charge in [-0.05, 0) is 17.3 Å². The van der Waals surface area contributed by atoms with E-state index in [0.717, 1.165) is 11.0 Å².